The number of nitrogen functional groups attached to an aromatic ring is 1. The number of nitrogens with two attached hydrogens (primary N) is 1. The number of fused-ring (bicyclic) bond motifs is 7. The predicted molar refractivity (Wildman–Crippen MR) is 117 cm³/mol. The summed E-state index contributed by atoms with van der Waals surface area (Å²) in [7, 11) is 1.66. The second-order valence-electron chi connectivity index (χ2n) is 7.72. The van der Waals surface area contributed by atoms with Crippen LogP contribution in [0.2, 0.25) is 0 Å². The number of aryl methyl sites for hydroxylation is 1. The summed E-state index contributed by atoms with van der Waals surface area (Å²) in [5.41, 5.74) is 8.91. The lowest BCUT2D eigenvalue weighted by atomic mass is 10.0. The number of nitriles is 1. The van der Waals surface area contributed by atoms with Gasteiger partial charge in [0.15, 0.2) is 11.6 Å². The Labute approximate surface area is 187 Å². The predicted octanol–water partition coefficient (Wildman–Crippen LogP) is 2.67. The van der Waals surface area contributed by atoms with Crippen molar-refractivity contribution in [2.24, 2.45) is 7.05 Å². The van der Waals surface area contributed by atoms with Gasteiger partial charge in [-0.05, 0) is 31.2 Å². The van der Waals surface area contributed by atoms with E-state index in [9.17, 15) is 14.4 Å². The Hall–Kier alpha value is -4.52. The molecule has 5 rings (SSSR count). The molecular formula is C23H18FN7O2. The van der Waals surface area contributed by atoms with Crippen molar-refractivity contribution in [3.8, 4) is 28.8 Å². The molecule has 3 aromatic heterocycles. The minimum Gasteiger partial charge on any atom is -0.482 e. The van der Waals surface area contributed by atoms with Gasteiger partial charge < -0.3 is 10.5 Å². The van der Waals surface area contributed by atoms with E-state index in [2.05, 4.69) is 21.4 Å². The molecule has 0 saturated heterocycles. The maximum atomic E-state index is 14.2. The van der Waals surface area contributed by atoms with Gasteiger partial charge in [0, 0.05) is 36.9 Å². The van der Waals surface area contributed by atoms with Crippen molar-refractivity contribution in [3.05, 3.63) is 81.3 Å². The molecule has 2 N–H and O–H groups in total. The number of ether oxygens (including phenoxy) is 1. The van der Waals surface area contributed by atoms with Crippen molar-refractivity contribution in [1.29, 1.82) is 5.26 Å². The van der Waals surface area contributed by atoms with Crippen LogP contribution in [0.3, 0.4) is 0 Å². The van der Waals surface area contributed by atoms with Gasteiger partial charge in [-0.3, -0.25) is 14.0 Å². The molecule has 1 atom stereocenters. The largest absolute Gasteiger partial charge is 0.482 e. The van der Waals surface area contributed by atoms with E-state index in [1.165, 1.54) is 27.4 Å². The van der Waals surface area contributed by atoms with Crippen molar-refractivity contribution >= 4 is 5.82 Å². The monoisotopic (exact) mass is 443 g/mol. The quantitative estimate of drug-likeness (QED) is 0.443. The van der Waals surface area contributed by atoms with E-state index in [1.54, 1.807) is 38.2 Å². The molecule has 0 spiro atoms. The van der Waals surface area contributed by atoms with E-state index in [0.29, 0.717) is 33.9 Å². The number of hydrogen-bond donors (Lipinski definition) is 1. The normalized spacial score (nSPS) is 14.5. The van der Waals surface area contributed by atoms with Crippen molar-refractivity contribution in [2.75, 3.05) is 5.73 Å². The molecule has 0 amide bonds. The first kappa shape index (κ1) is 20.4. The van der Waals surface area contributed by atoms with Crippen LogP contribution in [-0.4, -0.2) is 24.5 Å². The number of anilines is 1. The van der Waals surface area contributed by atoms with Crippen molar-refractivity contribution in [1.82, 2.24) is 24.5 Å². The third-order valence-electron chi connectivity index (χ3n) is 5.62. The Morgan fingerprint density at radius 2 is 2.06 bits per heavy atom. The smallest absolute Gasteiger partial charge is 0.255 e. The van der Waals surface area contributed by atoms with E-state index in [4.69, 9.17) is 10.5 Å². The van der Waals surface area contributed by atoms with Crippen molar-refractivity contribution in [2.45, 2.75) is 19.4 Å². The van der Waals surface area contributed by atoms with Gasteiger partial charge in [0.1, 0.15) is 29.4 Å². The second kappa shape index (κ2) is 7.56. The molecule has 4 heterocycles. The molecule has 0 radical (unpaired) electrons. The topological polar surface area (TPSA) is 125 Å². The number of rotatable bonds is 0. The molecule has 1 aliphatic rings. The molecule has 2 bridgehead atoms. The Balaban J connectivity index is 1.88. The van der Waals surface area contributed by atoms with Crippen molar-refractivity contribution < 1.29 is 9.13 Å². The highest BCUT2D eigenvalue weighted by atomic mass is 19.1. The minimum absolute atomic E-state index is 0.0436. The van der Waals surface area contributed by atoms with Crippen LogP contribution in [-0.2, 0) is 13.5 Å². The van der Waals surface area contributed by atoms with E-state index in [0.717, 1.165) is 0 Å². The average Bonchev–Trinajstić information content (AvgIpc) is 3.09. The van der Waals surface area contributed by atoms with Crippen LogP contribution in [0.1, 0.15) is 35.7 Å². The lowest BCUT2D eigenvalue weighted by molar-refractivity contribution is 0.226. The Kier molecular flexibility index (Phi) is 4.67. The fourth-order valence-corrected chi connectivity index (χ4v) is 4.12. The van der Waals surface area contributed by atoms with Gasteiger partial charge in [-0.15, -0.1) is 10.2 Å². The highest BCUT2D eigenvalue weighted by Crippen LogP contribution is 2.35. The first-order chi connectivity index (χ1) is 15.9. The summed E-state index contributed by atoms with van der Waals surface area (Å²) in [4.78, 5) is 13.0. The number of nitrogens with zero attached hydrogens (tertiary/aromatic N) is 6. The summed E-state index contributed by atoms with van der Waals surface area (Å²) in [6, 6.07) is 12.8. The Bertz CT molecular complexity index is 1520. The third-order valence-corrected chi connectivity index (χ3v) is 5.62. The minimum atomic E-state index is -0.682. The SMILES string of the molecule is CC1Oc2cc(nnc2N)-c2c(nn(C)c2C#N)Cc2cccc(=O)n2-c2ccc(F)cc21. The Morgan fingerprint density at radius 1 is 1.24 bits per heavy atom. The van der Waals surface area contributed by atoms with Crippen LogP contribution in [0, 0.1) is 17.1 Å². The summed E-state index contributed by atoms with van der Waals surface area (Å²) < 4.78 is 23.3. The molecule has 1 aliphatic heterocycles. The van der Waals surface area contributed by atoms with Crippen LogP contribution >= 0.6 is 0 Å². The molecule has 0 aliphatic carbocycles. The maximum absolute atomic E-state index is 14.2. The molecule has 1 unspecified atom stereocenters. The van der Waals surface area contributed by atoms with E-state index < -0.39 is 11.9 Å². The number of hydrogen-bond acceptors (Lipinski definition) is 7. The summed E-state index contributed by atoms with van der Waals surface area (Å²) in [5.74, 6) is -0.196. The van der Waals surface area contributed by atoms with Crippen molar-refractivity contribution in [3.63, 3.8) is 0 Å². The first-order valence-electron chi connectivity index (χ1n) is 10.1. The zero-order valence-corrected chi connectivity index (χ0v) is 17.8. The highest BCUT2D eigenvalue weighted by molar-refractivity contribution is 5.71. The number of aromatic nitrogens is 5. The standard InChI is InChI=1S/C23H18FN7O2/c1-12-15-8-13(24)6-7-18(15)31-14(4-3-5-21(31)32)9-17-22(19(11-25)30(2)29-17)16-10-20(33-12)23(26)28-27-16/h3-8,10,12H,9H2,1-2H3,(H2,26,28). The molecule has 164 valence electrons. The van der Waals surface area contributed by atoms with E-state index >= 15 is 0 Å². The van der Waals surface area contributed by atoms with Gasteiger partial charge in [-0.2, -0.15) is 10.4 Å². The van der Waals surface area contributed by atoms with E-state index in [-0.39, 0.29) is 29.2 Å². The molecular weight excluding hydrogens is 425 g/mol. The first-order valence-corrected chi connectivity index (χ1v) is 10.1. The molecule has 33 heavy (non-hydrogen) atoms. The van der Waals surface area contributed by atoms with Gasteiger partial charge in [-0.1, -0.05) is 6.07 Å². The van der Waals surface area contributed by atoms with Gasteiger partial charge in [0.2, 0.25) is 0 Å². The summed E-state index contributed by atoms with van der Waals surface area (Å²) in [6.07, 6.45) is -0.466. The second-order valence-corrected chi connectivity index (χ2v) is 7.72. The van der Waals surface area contributed by atoms with E-state index in [1.807, 2.05) is 0 Å². The van der Waals surface area contributed by atoms with Gasteiger partial charge >= 0.3 is 0 Å². The van der Waals surface area contributed by atoms with Crippen LogP contribution in [0.5, 0.6) is 5.75 Å². The zero-order chi connectivity index (χ0) is 23.3. The molecule has 0 fully saturated rings. The Morgan fingerprint density at radius 3 is 2.85 bits per heavy atom. The lowest BCUT2D eigenvalue weighted by Crippen LogP contribution is -2.23. The van der Waals surface area contributed by atoms with Gasteiger partial charge in [0.05, 0.1) is 16.9 Å². The molecule has 1 aromatic carbocycles. The van der Waals surface area contributed by atoms with Gasteiger partial charge in [-0.25, -0.2) is 4.39 Å². The van der Waals surface area contributed by atoms with Gasteiger partial charge in [0.25, 0.3) is 5.56 Å². The number of halogens is 1. The zero-order valence-electron chi connectivity index (χ0n) is 17.8. The summed E-state index contributed by atoms with van der Waals surface area (Å²) in [5, 5.41) is 22.5. The lowest BCUT2D eigenvalue weighted by Gasteiger charge is -2.22. The molecule has 9 nitrogen and oxygen atoms in total. The third kappa shape index (κ3) is 3.30. The fraction of sp³-hybridized carbons (Fsp3) is 0.174. The fourth-order valence-electron chi connectivity index (χ4n) is 4.12. The molecule has 10 heteroatoms. The average molecular weight is 443 g/mol. The summed E-state index contributed by atoms with van der Waals surface area (Å²) in [6.45, 7) is 1.73. The number of benzene rings is 1. The van der Waals surface area contributed by atoms with Crippen LogP contribution in [0.4, 0.5) is 10.2 Å². The molecule has 4 aromatic rings. The number of pyridine rings is 1. The summed E-state index contributed by atoms with van der Waals surface area (Å²) >= 11 is 0. The van der Waals surface area contributed by atoms with Crippen LogP contribution < -0.4 is 16.0 Å². The van der Waals surface area contributed by atoms with Crippen LogP contribution in [0.15, 0.2) is 47.3 Å². The highest BCUT2D eigenvalue weighted by Gasteiger charge is 2.25. The van der Waals surface area contributed by atoms with Crippen LogP contribution in [0.25, 0.3) is 16.9 Å². The molecule has 0 saturated carbocycles. The maximum Gasteiger partial charge on any atom is 0.255 e.